The lowest BCUT2D eigenvalue weighted by molar-refractivity contribution is 0.177. The number of rotatable bonds is 5. The number of carbonyl (C=O) groups excluding carboxylic acids is 1. The molecule has 2 atom stereocenters. The number of nitrogens with one attached hydrogen (secondary N) is 2. The number of nitrogens with zero attached hydrogens (tertiary/aromatic N) is 2. The fourth-order valence-electron chi connectivity index (χ4n) is 2.75. The molecule has 22 heavy (non-hydrogen) atoms. The summed E-state index contributed by atoms with van der Waals surface area (Å²) in [6.45, 7) is 4.66. The summed E-state index contributed by atoms with van der Waals surface area (Å²) in [5.41, 5.74) is 1.04. The van der Waals surface area contributed by atoms with Crippen molar-refractivity contribution in [3.05, 3.63) is 18.0 Å². The molecule has 1 aromatic heterocycles. The summed E-state index contributed by atoms with van der Waals surface area (Å²) >= 11 is 0. The van der Waals surface area contributed by atoms with Crippen molar-refractivity contribution in [1.29, 1.82) is 0 Å². The van der Waals surface area contributed by atoms with Crippen LogP contribution in [0.1, 0.15) is 38.3 Å². The van der Waals surface area contributed by atoms with Gasteiger partial charge in [-0.05, 0) is 25.8 Å². The van der Waals surface area contributed by atoms with Gasteiger partial charge in [0.25, 0.3) is 0 Å². The number of aromatic amines is 1. The molecule has 124 valence electrons. The third-order valence-electron chi connectivity index (χ3n) is 3.98. The highest BCUT2D eigenvalue weighted by molar-refractivity contribution is 7.91. The second kappa shape index (κ2) is 7.13. The summed E-state index contributed by atoms with van der Waals surface area (Å²) in [7, 11) is -3.09. The van der Waals surface area contributed by atoms with Crippen LogP contribution in [0.15, 0.2) is 12.3 Å². The van der Waals surface area contributed by atoms with E-state index in [1.807, 2.05) is 6.07 Å². The van der Waals surface area contributed by atoms with E-state index in [1.54, 1.807) is 24.9 Å². The van der Waals surface area contributed by atoms with E-state index in [0.29, 0.717) is 13.1 Å². The standard InChI is InChI=1S/C14H24N4O3S/c1-3-22(20,21)10-11(2)16-14(19)18-8-4-5-12(9-18)13-6-7-15-17-13/h6-7,11-12H,3-5,8-10H2,1-2H3,(H,15,17)(H,16,19)/t11-,12+/m1/s1. The highest BCUT2D eigenvalue weighted by atomic mass is 32.2. The Hall–Kier alpha value is -1.57. The molecular weight excluding hydrogens is 304 g/mol. The first kappa shape index (κ1) is 16.8. The van der Waals surface area contributed by atoms with E-state index in [1.165, 1.54) is 0 Å². The average molecular weight is 328 g/mol. The maximum atomic E-state index is 12.3. The molecule has 8 heteroatoms. The van der Waals surface area contributed by atoms with E-state index in [2.05, 4.69) is 15.5 Å². The van der Waals surface area contributed by atoms with Crippen LogP contribution in [0.5, 0.6) is 0 Å². The van der Waals surface area contributed by atoms with E-state index in [-0.39, 0.29) is 29.5 Å². The summed E-state index contributed by atoms with van der Waals surface area (Å²) in [4.78, 5) is 14.0. The van der Waals surface area contributed by atoms with Crippen LogP contribution in [0.25, 0.3) is 0 Å². The smallest absolute Gasteiger partial charge is 0.317 e. The van der Waals surface area contributed by atoms with Crippen molar-refractivity contribution < 1.29 is 13.2 Å². The topological polar surface area (TPSA) is 95.2 Å². The summed E-state index contributed by atoms with van der Waals surface area (Å²) < 4.78 is 23.2. The van der Waals surface area contributed by atoms with Crippen molar-refractivity contribution >= 4 is 15.9 Å². The lowest BCUT2D eigenvalue weighted by Gasteiger charge is -2.33. The minimum absolute atomic E-state index is 0.0208. The molecule has 1 fully saturated rings. The van der Waals surface area contributed by atoms with Gasteiger partial charge in [0.2, 0.25) is 0 Å². The molecule has 0 spiro atoms. The quantitative estimate of drug-likeness (QED) is 0.847. The molecule has 2 rings (SSSR count). The van der Waals surface area contributed by atoms with Crippen LogP contribution in [-0.2, 0) is 9.84 Å². The van der Waals surface area contributed by atoms with Gasteiger partial charge in [0, 0.05) is 42.7 Å². The lowest BCUT2D eigenvalue weighted by atomic mass is 9.95. The monoisotopic (exact) mass is 328 g/mol. The zero-order valence-corrected chi connectivity index (χ0v) is 13.9. The van der Waals surface area contributed by atoms with Gasteiger partial charge in [0.1, 0.15) is 0 Å². The fourth-order valence-corrected chi connectivity index (χ4v) is 3.83. The van der Waals surface area contributed by atoms with Gasteiger partial charge in [-0.25, -0.2) is 13.2 Å². The minimum atomic E-state index is -3.09. The zero-order valence-electron chi connectivity index (χ0n) is 13.1. The number of hydrogen-bond acceptors (Lipinski definition) is 4. The molecule has 0 bridgehead atoms. The van der Waals surface area contributed by atoms with Crippen molar-refractivity contribution in [1.82, 2.24) is 20.4 Å². The molecule has 0 radical (unpaired) electrons. The van der Waals surface area contributed by atoms with E-state index in [4.69, 9.17) is 0 Å². The van der Waals surface area contributed by atoms with Gasteiger partial charge in [0.15, 0.2) is 9.84 Å². The summed E-state index contributed by atoms with van der Waals surface area (Å²) in [5.74, 6) is 0.336. The van der Waals surface area contributed by atoms with Gasteiger partial charge in [0.05, 0.1) is 5.75 Å². The van der Waals surface area contributed by atoms with E-state index >= 15 is 0 Å². The van der Waals surface area contributed by atoms with Gasteiger partial charge in [-0.3, -0.25) is 5.10 Å². The molecule has 0 aromatic carbocycles. The summed E-state index contributed by atoms with van der Waals surface area (Å²) in [6.07, 6.45) is 3.66. The van der Waals surface area contributed by atoms with Crippen molar-refractivity contribution in [2.75, 3.05) is 24.6 Å². The Morgan fingerprint density at radius 2 is 2.36 bits per heavy atom. The summed E-state index contributed by atoms with van der Waals surface area (Å²) in [5, 5.41) is 9.70. The Labute approximate surface area is 131 Å². The van der Waals surface area contributed by atoms with Gasteiger partial charge in [-0.2, -0.15) is 5.10 Å². The number of urea groups is 1. The van der Waals surface area contributed by atoms with Crippen LogP contribution in [0.2, 0.25) is 0 Å². The molecule has 7 nitrogen and oxygen atoms in total. The molecule has 0 aliphatic carbocycles. The number of carbonyl (C=O) groups is 1. The van der Waals surface area contributed by atoms with Crippen LogP contribution in [0, 0.1) is 0 Å². The maximum absolute atomic E-state index is 12.3. The fraction of sp³-hybridized carbons (Fsp3) is 0.714. The predicted molar refractivity (Wildman–Crippen MR) is 84.5 cm³/mol. The van der Waals surface area contributed by atoms with Gasteiger partial charge < -0.3 is 10.2 Å². The third-order valence-corrected chi connectivity index (χ3v) is 5.87. The van der Waals surface area contributed by atoms with Gasteiger partial charge in [-0.15, -0.1) is 0 Å². The zero-order chi connectivity index (χ0) is 16.2. The second-order valence-electron chi connectivity index (χ2n) is 5.85. The van der Waals surface area contributed by atoms with Crippen LogP contribution in [0.4, 0.5) is 4.79 Å². The Balaban J connectivity index is 1.89. The van der Waals surface area contributed by atoms with Gasteiger partial charge >= 0.3 is 6.03 Å². The van der Waals surface area contributed by atoms with Gasteiger partial charge in [-0.1, -0.05) is 6.92 Å². The van der Waals surface area contributed by atoms with Crippen LogP contribution in [-0.4, -0.2) is 60.2 Å². The molecule has 1 aromatic rings. The summed E-state index contributed by atoms with van der Waals surface area (Å²) in [6, 6.07) is 1.36. The molecule has 2 amide bonds. The Morgan fingerprint density at radius 1 is 1.59 bits per heavy atom. The van der Waals surface area contributed by atoms with E-state index in [0.717, 1.165) is 18.5 Å². The Kier molecular flexibility index (Phi) is 5.44. The van der Waals surface area contributed by atoms with E-state index < -0.39 is 9.84 Å². The molecule has 2 N–H and O–H groups in total. The number of sulfone groups is 1. The van der Waals surface area contributed by atoms with Crippen molar-refractivity contribution in [3.63, 3.8) is 0 Å². The highest BCUT2D eigenvalue weighted by Crippen LogP contribution is 2.25. The average Bonchev–Trinajstić information content (AvgIpc) is 3.01. The highest BCUT2D eigenvalue weighted by Gasteiger charge is 2.26. The Morgan fingerprint density at radius 3 is 3.00 bits per heavy atom. The molecular formula is C14H24N4O3S. The van der Waals surface area contributed by atoms with Crippen molar-refractivity contribution in [3.8, 4) is 0 Å². The lowest BCUT2D eigenvalue weighted by Crippen LogP contribution is -2.49. The minimum Gasteiger partial charge on any atom is -0.335 e. The predicted octanol–water partition coefficient (Wildman–Crippen LogP) is 1.12. The number of likely N-dealkylation sites (tertiary alicyclic amines) is 1. The van der Waals surface area contributed by atoms with Crippen molar-refractivity contribution in [2.24, 2.45) is 0 Å². The Bertz CT molecular complexity index is 585. The third kappa shape index (κ3) is 4.46. The number of piperidine rings is 1. The van der Waals surface area contributed by atoms with Crippen molar-refractivity contribution in [2.45, 2.75) is 38.6 Å². The number of amides is 2. The molecule has 2 heterocycles. The number of aromatic nitrogens is 2. The van der Waals surface area contributed by atoms with Crippen LogP contribution < -0.4 is 5.32 Å². The first-order chi connectivity index (χ1) is 10.4. The SMILES string of the molecule is CCS(=O)(=O)C[C@@H](C)NC(=O)N1CCC[C@H](c2ccn[nH]2)C1. The second-order valence-corrected chi connectivity index (χ2v) is 8.24. The van der Waals surface area contributed by atoms with Crippen LogP contribution in [0.3, 0.4) is 0 Å². The molecule has 1 aliphatic heterocycles. The number of hydrogen-bond donors (Lipinski definition) is 2. The van der Waals surface area contributed by atoms with E-state index in [9.17, 15) is 13.2 Å². The maximum Gasteiger partial charge on any atom is 0.317 e. The van der Waals surface area contributed by atoms with Crippen LogP contribution >= 0.6 is 0 Å². The normalized spacial score (nSPS) is 20.6. The molecule has 0 saturated carbocycles. The molecule has 1 aliphatic rings. The molecule has 0 unspecified atom stereocenters. The first-order valence-corrected chi connectivity index (χ1v) is 9.48. The first-order valence-electron chi connectivity index (χ1n) is 7.66. The molecule has 1 saturated heterocycles. The largest absolute Gasteiger partial charge is 0.335 e. The number of H-pyrrole nitrogens is 1.